The van der Waals surface area contributed by atoms with Crippen LogP contribution in [-0.4, -0.2) is 45.4 Å². The van der Waals surface area contributed by atoms with E-state index in [0.29, 0.717) is 50.8 Å². The lowest BCUT2D eigenvalue weighted by molar-refractivity contribution is -0.120. The Labute approximate surface area is 249 Å². The predicted octanol–water partition coefficient (Wildman–Crippen LogP) is 5.47. The van der Waals surface area contributed by atoms with Gasteiger partial charge >= 0.3 is 0 Å². The second kappa shape index (κ2) is 14.8. The van der Waals surface area contributed by atoms with Crippen LogP contribution in [0, 0.1) is 3.57 Å². The number of hydrazone groups is 1. The summed E-state index contributed by atoms with van der Waals surface area (Å²) < 4.78 is 22.9. The number of halogens is 3. The maximum absolute atomic E-state index is 12.4. The number of hydrogen-bond donors (Lipinski definition) is 2. The fraction of sp³-hybridized carbons (Fsp3) is 0.222. The van der Waals surface area contributed by atoms with Crippen molar-refractivity contribution in [2.75, 3.05) is 27.4 Å². The molecule has 206 valence electrons. The van der Waals surface area contributed by atoms with Crippen molar-refractivity contribution in [2.45, 2.75) is 13.5 Å². The molecule has 0 fully saturated rings. The van der Waals surface area contributed by atoms with E-state index in [1.807, 2.05) is 13.0 Å². The zero-order valence-corrected chi connectivity index (χ0v) is 25.0. The Hall–Kier alpha value is -3.22. The van der Waals surface area contributed by atoms with Crippen LogP contribution < -0.4 is 29.7 Å². The highest BCUT2D eigenvalue weighted by Gasteiger charge is 2.14. The minimum absolute atomic E-state index is 0.227. The molecule has 3 rings (SSSR count). The molecule has 0 atom stereocenters. The normalized spacial score (nSPS) is 10.7. The lowest BCUT2D eigenvalue weighted by atomic mass is 10.2. The Bertz CT molecular complexity index is 1370. The third kappa shape index (κ3) is 8.64. The molecule has 2 amide bonds. The van der Waals surface area contributed by atoms with E-state index in [-0.39, 0.29) is 13.2 Å². The quantitative estimate of drug-likeness (QED) is 0.149. The number of carbonyl (C=O) groups is 2. The molecule has 0 aromatic heterocycles. The van der Waals surface area contributed by atoms with Crippen molar-refractivity contribution < 1.29 is 28.5 Å². The van der Waals surface area contributed by atoms with Gasteiger partial charge < -0.3 is 24.3 Å². The summed E-state index contributed by atoms with van der Waals surface area (Å²) in [6, 6.07) is 13.5. The fourth-order valence-electron chi connectivity index (χ4n) is 3.31. The smallest absolute Gasteiger partial charge is 0.259 e. The number of methoxy groups -OCH3 is 2. The van der Waals surface area contributed by atoms with Crippen LogP contribution in [0.2, 0.25) is 10.0 Å². The number of hydrogen-bond acceptors (Lipinski definition) is 7. The minimum atomic E-state index is -0.500. The second-order valence-electron chi connectivity index (χ2n) is 7.83. The van der Waals surface area contributed by atoms with Crippen molar-refractivity contribution in [3.63, 3.8) is 0 Å². The monoisotopic (exact) mass is 685 g/mol. The Morgan fingerprint density at radius 3 is 2.44 bits per heavy atom. The molecule has 0 saturated carbocycles. The van der Waals surface area contributed by atoms with E-state index in [4.69, 9.17) is 42.1 Å². The van der Waals surface area contributed by atoms with Gasteiger partial charge in [0.1, 0.15) is 6.61 Å². The van der Waals surface area contributed by atoms with Crippen molar-refractivity contribution >= 4 is 63.8 Å². The van der Waals surface area contributed by atoms with Gasteiger partial charge in [-0.25, -0.2) is 5.43 Å². The van der Waals surface area contributed by atoms with Crippen molar-refractivity contribution in [1.82, 2.24) is 10.7 Å². The Morgan fingerprint density at radius 1 is 0.974 bits per heavy atom. The predicted molar refractivity (Wildman–Crippen MR) is 159 cm³/mol. The van der Waals surface area contributed by atoms with E-state index < -0.39 is 11.8 Å². The van der Waals surface area contributed by atoms with Crippen molar-refractivity contribution in [3.8, 4) is 23.0 Å². The molecule has 0 aliphatic rings. The summed E-state index contributed by atoms with van der Waals surface area (Å²) in [7, 11) is 2.98. The zero-order valence-electron chi connectivity index (χ0n) is 21.3. The molecule has 0 radical (unpaired) electrons. The molecular formula is C27H26Cl2IN3O6. The van der Waals surface area contributed by atoms with Gasteiger partial charge in [0.25, 0.3) is 11.8 Å². The maximum atomic E-state index is 12.4. The highest BCUT2D eigenvalue weighted by molar-refractivity contribution is 14.1. The van der Waals surface area contributed by atoms with Gasteiger partial charge in [0.05, 0.1) is 37.2 Å². The van der Waals surface area contributed by atoms with E-state index >= 15 is 0 Å². The van der Waals surface area contributed by atoms with Crippen molar-refractivity contribution in [1.29, 1.82) is 0 Å². The number of rotatable bonds is 12. The molecule has 3 aromatic carbocycles. The average Bonchev–Trinajstić information content (AvgIpc) is 2.92. The number of nitrogens with one attached hydrogen (secondary N) is 2. The fourth-order valence-corrected chi connectivity index (χ4v) is 4.56. The highest BCUT2D eigenvalue weighted by Crippen LogP contribution is 2.35. The summed E-state index contributed by atoms with van der Waals surface area (Å²) in [6.07, 6.45) is 1.47. The van der Waals surface area contributed by atoms with Crippen molar-refractivity contribution in [2.24, 2.45) is 5.10 Å². The first kappa shape index (κ1) is 30.3. The Kier molecular flexibility index (Phi) is 11.5. The third-order valence-electron chi connectivity index (χ3n) is 5.18. The zero-order chi connectivity index (χ0) is 28.4. The van der Waals surface area contributed by atoms with Crippen LogP contribution in [0.15, 0.2) is 53.6 Å². The summed E-state index contributed by atoms with van der Waals surface area (Å²) >= 11 is 14.4. The average molecular weight is 686 g/mol. The molecule has 0 spiro atoms. The summed E-state index contributed by atoms with van der Waals surface area (Å²) in [4.78, 5) is 24.6. The molecule has 2 N–H and O–H groups in total. The summed E-state index contributed by atoms with van der Waals surface area (Å²) in [6.45, 7) is 2.24. The molecule has 12 heteroatoms. The second-order valence-corrected chi connectivity index (χ2v) is 9.84. The number of carbonyl (C=O) groups excluding carboxylic acids is 2. The summed E-state index contributed by atoms with van der Waals surface area (Å²) in [5.74, 6) is 1.03. The van der Waals surface area contributed by atoms with Gasteiger partial charge in [0.2, 0.25) is 0 Å². The van der Waals surface area contributed by atoms with E-state index in [2.05, 4.69) is 38.4 Å². The van der Waals surface area contributed by atoms with E-state index in [1.54, 1.807) is 36.4 Å². The van der Waals surface area contributed by atoms with Crippen molar-refractivity contribution in [3.05, 3.63) is 78.8 Å². The van der Waals surface area contributed by atoms with Crippen LogP contribution in [0.25, 0.3) is 0 Å². The lowest BCUT2D eigenvalue weighted by Crippen LogP contribution is -2.34. The van der Waals surface area contributed by atoms with Crippen LogP contribution in [0.1, 0.15) is 28.4 Å². The first-order chi connectivity index (χ1) is 18.7. The van der Waals surface area contributed by atoms with Crippen LogP contribution >= 0.6 is 45.8 Å². The molecule has 0 saturated heterocycles. The standard InChI is InChI=1S/C27H26Cl2IN3O6/c1-4-38-24-10-16(9-21(30)26(24)39-15-18-5-7-19(28)12-20(18)29)13-32-33-25(34)14-31-27(35)17-6-8-22(36-2)23(11-17)37-3/h5-13H,4,14-15H2,1-3H3,(H,31,35)(H,33,34)/b32-13+. The lowest BCUT2D eigenvalue weighted by Gasteiger charge is -2.15. The number of nitrogens with zero attached hydrogens (tertiary/aromatic N) is 1. The van der Waals surface area contributed by atoms with Crippen LogP contribution in [-0.2, 0) is 11.4 Å². The van der Waals surface area contributed by atoms with Crippen LogP contribution in [0.4, 0.5) is 0 Å². The van der Waals surface area contributed by atoms with Crippen LogP contribution in [0.3, 0.4) is 0 Å². The molecule has 0 heterocycles. The molecule has 0 aliphatic heterocycles. The molecular weight excluding hydrogens is 660 g/mol. The van der Waals surface area contributed by atoms with E-state index in [0.717, 1.165) is 9.13 Å². The van der Waals surface area contributed by atoms with Gasteiger partial charge in [-0.15, -0.1) is 0 Å². The molecule has 0 unspecified atom stereocenters. The Morgan fingerprint density at radius 2 is 1.74 bits per heavy atom. The topological polar surface area (TPSA) is 107 Å². The largest absolute Gasteiger partial charge is 0.493 e. The van der Waals surface area contributed by atoms with Gasteiger partial charge in [-0.2, -0.15) is 5.10 Å². The van der Waals surface area contributed by atoms with Gasteiger partial charge in [-0.3, -0.25) is 9.59 Å². The van der Waals surface area contributed by atoms with Crippen LogP contribution in [0.5, 0.6) is 23.0 Å². The molecule has 0 bridgehead atoms. The SMILES string of the molecule is CCOc1cc(/C=N/NC(=O)CNC(=O)c2ccc(OC)c(OC)c2)cc(I)c1OCc1ccc(Cl)cc1Cl. The maximum Gasteiger partial charge on any atom is 0.259 e. The summed E-state index contributed by atoms with van der Waals surface area (Å²) in [5.41, 5.74) is 4.17. The molecule has 0 aliphatic carbocycles. The van der Waals surface area contributed by atoms with Gasteiger partial charge in [0, 0.05) is 21.2 Å². The van der Waals surface area contributed by atoms with Gasteiger partial charge in [-0.1, -0.05) is 29.3 Å². The van der Waals surface area contributed by atoms with E-state index in [1.165, 1.54) is 26.5 Å². The molecule has 9 nitrogen and oxygen atoms in total. The van der Waals surface area contributed by atoms with Gasteiger partial charge in [0.15, 0.2) is 23.0 Å². The third-order valence-corrected chi connectivity index (χ3v) is 6.57. The van der Waals surface area contributed by atoms with Gasteiger partial charge in [-0.05, 0) is 77.5 Å². The number of amides is 2. The Balaban J connectivity index is 1.59. The first-order valence-electron chi connectivity index (χ1n) is 11.6. The molecule has 3 aromatic rings. The van der Waals surface area contributed by atoms with E-state index in [9.17, 15) is 9.59 Å². The number of benzene rings is 3. The molecule has 39 heavy (non-hydrogen) atoms. The number of ether oxygens (including phenoxy) is 4. The highest BCUT2D eigenvalue weighted by atomic mass is 127. The first-order valence-corrected chi connectivity index (χ1v) is 13.4. The summed E-state index contributed by atoms with van der Waals surface area (Å²) in [5, 5.41) is 7.58. The minimum Gasteiger partial charge on any atom is -0.493 e.